The molecule has 0 fully saturated rings. The van der Waals surface area contributed by atoms with E-state index in [-0.39, 0.29) is 5.82 Å². The Morgan fingerprint density at radius 2 is 1.90 bits per heavy atom. The normalized spacial score (nSPS) is 12.2. The second-order valence-corrected chi connectivity index (χ2v) is 4.88. The standard InChI is InChI=1S/C17H19FO2/c1-4-13-7-5-6-8-16(13)20-17-9-11(2)15(18)10-14(17)12(3)19/h5-10,12,19H,4H2,1-3H3/t12-/m1/s1. The fourth-order valence-electron chi connectivity index (χ4n) is 2.10. The molecule has 0 aromatic heterocycles. The van der Waals surface area contributed by atoms with Crippen molar-refractivity contribution in [1.29, 1.82) is 0 Å². The molecule has 1 atom stereocenters. The number of rotatable bonds is 4. The van der Waals surface area contributed by atoms with Crippen molar-refractivity contribution in [3.8, 4) is 11.5 Å². The molecule has 0 aliphatic rings. The summed E-state index contributed by atoms with van der Waals surface area (Å²) in [6.45, 7) is 5.33. The number of aliphatic hydroxyl groups is 1. The summed E-state index contributed by atoms with van der Waals surface area (Å²) < 4.78 is 19.5. The molecule has 2 aromatic carbocycles. The second-order valence-electron chi connectivity index (χ2n) is 4.88. The van der Waals surface area contributed by atoms with Gasteiger partial charge in [0.1, 0.15) is 17.3 Å². The maximum absolute atomic E-state index is 13.6. The minimum Gasteiger partial charge on any atom is -0.457 e. The van der Waals surface area contributed by atoms with Gasteiger partial charge in [-0.05, 0) is 49.6 Å². The second kappa shape index (κ2) is 6.06. The van der Waals surface area contributed by atoms with Crippen LogP contribution in [0.4, 0.5) is 4.39 Å². The quantitative estimate of drug-likeness (QED) is 0.886. The molecule has 1 N–H and O–H groups in total. The summed E-state index contributed by atoms with van der Waals surface area (Å²) in [5, 5.41) is 9.78. The van der Waals surface area contributed by atoms with Crippen molar-refractivity contribution >= 4 is 0 Å². The third-order valence-corrected chi connectivity index (χ3v) is 3.31. The van der Waals surface area contributed by atoms with Crippen molar-refractivity contribution in [1.82, 2.24) is 0 Å². The van der Waals surface area contributed by atoms with Crippen LogP contribution in [0, 0.1) is 12.7 Å². The van der Waals surface area contributed by atoms with E-state index in [1.54, 1.807) is 19.9 Å². The zero-order chi connectivity index (χ0) is 14.7. The Bertz CT molecular complexity index is 606. The Morgan fingerprint density at radius 1 is 1.20 bits per heavy atom. The van der Waals surface area contributed by atoms with Gasteiger partial charge in [-0.2, -0.15) is 0 Å². The zero-order valence-corrected chi connectivity index (χ0v) is 12.0. The molecule has 0 radical (unpaired) electrons. The molecule has 0 heterocycles. The largest absolute Gasteiger partial charge is 0.457 e. The topological polar surface area (TPSA) is 29.5 Å². The van der Waals surface area contributed by atoms with E-state index in [0.29, 0.717) is 16.9 Å². The highest BCUT2D eigenvalue weighted by Crippen LogP contribution is 2.33. The molecule has 0 saturated carbocycles. The number of hydrogen-bond acceptors (Lipinski definition) is 2. The Labute approximate surface area is 118 Å². The minimum atomic E-state index is -0.783. The first-order chi connectivity index (χ1) is 9.52. The van der Waals surface area contributed by atoms with Gasteiger partial charge in [0.2, 0.25) is 0 Å². The molecule has 0 unspecified atom stereocenters. The SMILES string of the molecule is CCc1ccccc1Oc1cc(C)c(F)cc1[C@@H](C)O. The van der Waals surface area contributed by atoms with E-state index in [1.165, 1.54) is 6.07 Å². The van der Waals surface area contributed by atoms with Gasteiger partial charge in [-0.1, -0.05) is 25.1 Å². The lowest BCUT2D eigenvalue weighted by atomic mass is 10.1. The Kier molecular flexibility index (Phi) is 4.40. The van der Waals surface area contributed by atoms with E-state index in [1.807, 2.05) is 31.2 Å². The van der Waals surface area contributed by atoms with Crippen LogP contribution >= 0.6 is 0 Å². The van der Waals surface area contributed by atoms with Crippen LogP contribution in [0.5, 0.6) is 11.5 Å². The minimum absolute atomic E-state index is 0.336. The van der Waals surface area contributed by atoms with Crippen LogP contribution in [-0.2, 0) is 6.42 Å². The summed E-state index contributed by atoms with van der Waals surface area (Å²) in [6.07, 6.45) is 0.0641. The average molecular weight is 274 g/mol. The molecule has 3 heteroatoms. The van der Waals surface area contributed by atoms with Crippen molar-refractivity contribution in [2.45, 2.75) is 33.3 Å². The first-order valence-corrected chi connectivity index (χ1v) is 6.76. The van der Waals surface area contributed by atoms with Crippen molar-refractivity contribution in [3.63, 3.8) is 0 Å². The number of aliphatic hydroxyl groups excluding tert-OH is 1. The predicted octanol–water partition coefficient (Wildman–Crippen LogP) is 4.54. The Hall–Kier alpha value is -1.87. The number of hydrogen-bond donors (Lipinski definition) is 1. The van der Waals surface area contributed by atoms with Crippen LogP contribution in [-0.4, -0.2) is 5.11 Å². The molecular formula is C17H19FO2. The van der Waals surface area contributed by atoms with E-state index >= 15 is 0 Å². The molecule has 0 amide bonds. The smallest absolute Gasteiger partial charge is 0.133 e. The van der Waals surface area contributed by atoms with Gasteiger partial charge in [0.15, 0.2) is 0 Å². The van der Waals surface area contributed by atoms with Crippen molar-refractivity contribution in [2.75, 3.05) is 0 Å². The molecule has 20 heavy (non-hydrogen) atoms. The maximum Gasteiger partial charge on any atom is 0.133 e. The summed E-state index contributed by atoms with van der Waals surface area (Å²) in [4.78, 5) is 0. The van der Waals surface area contributed by atoms with Gasteiger partial charge in [0.05, 0.1) is 6.10 Å². The molecule has 2 rings (SSSR count). The fourth-order valence-corrected chi connectivity index (χ4v) is 2.10. The first kappa shape index (κ1) is 14.5. The number of benzene rings is 2. The lowest BCUT2D eigenvalue weighted by Crippen LogP contribution is -2.00. The fraction of sp³-hybridized carbons (Fsp3) is 0.294. The van der Waals surface area contributed by atoms with Crippen molar-refractivity contribution in [2.24, 2.45) is 0 Å². The lowest BCUT2D eigenvalue weighted by Gasteiger charge is -2.16. The molecular weight excluding hydrogens is 255 g/mol. The summed E-state index contributed by atoms with van der Waals surface area (Å²) in [5.74, 6) is 0.903. The summed E-state index contributed by atoms with van der Waals surface area (Å²) >= 11 is 0. The highest BCUT2D eigenvalue weighted by Gasteiger charge is 2.14. The highest BCUT2D eigenvalue weighted by molar-refractivity contribution is 5.44. The van der Waals surface area contributed by atoms with E-state index in [9.17, 15) is 9.50 Å². The van der Waals surface area contributed by atoms with Gasteiger partial charge >= 0.3 is 0 Å². The summed E-state index contributed by atoms with van der Waals surface area (Å²) in [7, 11) is 0. The predicted molar refractivity (Wildman–Crippen MR) is 77.7 cm³/mol. The molecule has 2 nitrogen and oxygen atoms in total. The molecule has 2 aromatic rings. The number of halogens is 1. The van der Waals surface area contributed by atoms with Crippen molar-refractivity contribution < 1.29 is 14.2 Å². The van der Waals surface area contributed by atoms with Gasteiger partial charge in [-0.25, -0.2) is 4.39 Å². The van der Waals surface area contributed by atoms with Crippen LogP contribution in [0.15, 0.2) is 36.4 Å². The van der Waals surface area contributed by atoms with Gasteiger partial charge in [0, 0.05) is 5.56 Å². The Balaban J connectivity index is 2.45. The lowest BCUT2D eigenvalue weighted by molar-refractivity contribution is 0.195. The number of aryl methyl sites for hydroxylation is 2. The van der Waals surface area contributed by atoms with Gasteiger partial charge in [-0.15, -0.1) is 0 Å². The molecule has 106 valence electrons. The molecule has 0 aliphatic heterocycles. The monoisotopic (exact) mass is 274 g/mol. The average Bonchev–Trinajstić information content (AvgIpc) is 2.43. The Morgan fingerprint density at radius 3 is 2.55 bits per heavy atom. The van der Waals surface area contributed by atoms with E-state index in [0.717, 1.165) is 17.7 Å². The molecule has 0 saturated heterocycles. The maximum atomic E-state index is 13.6. The van der Waals surface area contributed by atoms with Gasteiger partial charge in [0.25, 0.3) is 0 Å². The van der Waals surface area contributed by atoms with Crippen molar-refractivity contribution in [3.05, 3.63) is 58.9 Å². The third-order valence-electron chi connectivity index (χ3n) is 3.31. The van der Waals surface area contributed by atoms with Crippen LogP contribution in [0.3, 0.4) is 0 Å². The van der Waals surface area contributed by atoms with Crippen LogP contribution in [0.1, 0.15) is 36.6 Å². The van der Waals surface area contributed by atoms with E-state index in [2.05, 4.69) is 0 Å². The number of para-hydroxylation sites is 1. The van der Waals surface area contributed by atoms with Gasteiger partial charge < -0.3 is 9.84 Å². The van der Waals surface area contributed by atoms with Gasteiger partial charge in [-0.3, -0.25) is 0 Å². The van der Waals surface area contributed by atoms with E-state index in [4.69, 9.17) is 4.74 Å². The summed E-state index contributed by atoms with van der Waals surface area (Å²) in [5.41, 5.74) is 2.03. The third kappa shape index (κ3) is 2.99. The van der Waals surface area contributed by atoms with Crippen LogP contribution in [0.2, 0.25) is 0 Å². The summed E-state index contributed by atoms with van der Waals surface area (Å²) in [6, 6.07) is 10.7. The number of ether oxygens (including phenoxy) is 1. The highest BCUT2D eigenvalue weighted by atomic mass is 19.1. The molecule has 0 spiro atoms. The van der Waals surface area contributed by atoms with Crippen LogP contribution in [0.25, 0.3) is 0 Å². The first-order valence-electron chi connectivity index (χ1n) is 6.76. The van der Waals surface area contributed by atoms with E-state index < -0.39 is 6.10 Å². The molecule has 0 bridgehead atoms. The van der Waals surface area contributed by atoms with Crippen LogP contribution < -0.4 is 4.74 Å². The zero-order valence-electron chi connectivity index (χ0n) is 12.0. The molecule has 0 aliphatic carbocycles.